The molecule has 3 unspecified atom stereocenters. The first-order valence-corrected chi connectivity index (χ1v) is 7.96. The number of hydrogen-bond acceptors (Lipinski definition) is 2. The van der Waals surface area contributed by atoms with Crippen LogP contribution in [0, 0.1) is 11.3 Å². The molecule has 0 spiro atoms. The van der Waals surface area contributed by atoms with Gasteiger partial charge in [0, 0.05) is 12.0 Å². The lowest BCUT2D eigenvalue weighted by Gasteiger charge is -2.28. The Bertz CT molecular complexity index is 470. The van der Waals surface area contributed by atoms with Gasteiger partial charge in [-0.2, -0.15) is 0 Å². The molecule has 3 nitrogen and oxygen atoms in total. The summed E-state index contributed by atoms with van der Waals surface area (Å²) in [7, 11) is 0. The first-order valence-electron chi connectivity index (χ1n) is 7.96. The summed E-state index contributed by atoms with van der Waals surface area (Å²) < 4.78 is 0. The first kappa shape index (κ1) is 19.0. The minimum Gasteiger partial charge on any atom is -0.349 e. The Kier molecular flexibility index (Phi) is 6.89. The Hall–Kier alpha value is -1.06. The third kappa shape index (κ3) is 5.62. The van der Waals surface area contributed by atoms with Gasteiger partial charge < -0.3 is 11.1 Å². The minimum atomic E-state index is 0. The molecule has 1 aromatic rings. The highest BCUT2D eigenvalue weighted by atomic mass is 35.5. The van der Waals surface area contributed by atoms with Crippen LogP contribution in [0.1, 0.15) is 58.1 Å². The molecule has 1 aromatic carbocycles. The number of halogens is 1. The van der Waals surface area contributed by atoms with E-state index >= 15 is 0 Å². The summed E-state index contributed by atoms with van der Waals surface area (Å²) in [6.45, 7) is 6.63. The quantitative estimate of drug-likeness (QED) is 0.884. The number of carbonyl (C=O) groups excluding carboxylic acids is 1. The fraction of sp³-hybridized carbons (Fsp3) is 0.611. The summed E-state index contributed by atoms with van der Waals surface area (Å²) in [6, 6.07) is 10.5. The average Bonchev–Trinajstić information content (AvgIpc) is 2.84. The maximum absolute atomic E-state index is 12.5. The lowest BCUT2D eigenvalue weighted by Crippen LogP contribution is -2.35. The number of nitrogens with one attached hydrogen (secondary N) is 1. The fourth-order valence-corrected chi connectivity index (χ4v) is 3.09. The van der Waals surface area contributed by atoms with Gasteiger partial charge in [0.25, 0.3) is 0 Å². The number of nitrogens with two attached hydrogens (primary N) is 1. The van der Waals surface area contributed by atoms with E-state index < -0.39 is 0 Å². The molecule has 1 fully saturated rings. The summed E-state index contributed by atoms with van der Waals surface area (Å²) in [5.41, 5.74) is 7.28. The van der Waals surface area contributed by atoms with Crippen molar-refractivity contribution < 1.29 is 4.79 Å². The molecule has 0 radical (unpaired) electrons. The van der Waals surface area contributed by atoms with Gasteiger partial charge in [0.2, 0.25) is 5.91 Å². The van der Waals surface area contributed by atoms with Crippen molar-refractivity contribution in [3.63, 3.8) is 0 Å². The SMILES string of the molecule is CC(C)(C)CC(NC(=O)C1CCC(N)C1)c1ccccc1.Cl. The molecule has 0 aliphatic heterocycles. The Morgan fingerprint density at radius 2 is 1.91 bits per heavy atom. The lowest BCUT2D eigenvalue weighted by molar-refractivity contribution is -0.125. The molecule has 4 heteroatoms. The number of rotatable bonds is 4. The van der Waals surface area contributed by atoms with Crippen LogP contribution in [0.25, 0.3) is 0 Å². The normalized spacial score (nSPS) is 22.7. The van der Waals surface area contributed by atoms with Gasteiger partial charge in [-0.3, -0.25) is 4.79 Å². The van der Waals surface area contributed by atoms with Crippen LogP contribution in [-0.4, -0.2) is 11.9 Å². The van der Waals surface area contributed by atoms with Crippen molar-refractivity contribution in [1.29, 1.82) is 0 Å². The summed E-state index contributed by atoms with van der Waals surface area (Å²) in [5, 5.41) is 3.26. The molecule has 2 rings (SSSR count). The molecule has 3 atom stereocenters. The summed E-state index contributed by atoms with van der Waals surface area (Å²) in [5.74, 6) is 0.257. The highest BCUT2D eigenvalue weighted by Crippen LogP contribution is 2.31. The summed E-state index contributed by atoms with van der Waals surface area (Å²) in [6.07, 6.45) is 3.64. The van der Waals surface area contributed by atoms with E-state index in [0.29, 0.717) is 0 Å². The van der Waals surface area contributed by atoms with Crippen molar-refractivity contribution in [3.05, 3.63) is 35.9 Å². The lowest BCUT2D eigenvalue weighted by atomic mass is 9.85. The highest BCUT2D eigenvalue weighted by Gasteiger charge is 2.30. The molecule has 0 aromatic heterocycles. The number of amides is 1. The second-order valence-electron chi connectivity index (χ2n) is 7.51. The van der Waals surface area contributed by atoms with E-state index in [0.717, 1.165) is 25.7 Å². The molecule has 22 heavy (non-hydrogen) atoms. The van der Waals surface area contributed by atoms with Crippen LogP contribution >= 0.6 is 12.4 Å². The molecule has 0 heterocycles. The molecule has 1 aliphatic rings. The molecular formula is C18H29ClN2O. The molecule has 124 valence electrons. The zero-order valence-corrected chi connectivity index (χ0v) is 14.7. The Morgan fingerprint density at radius 3 is 2.41 bits per heavy atom. The second kappa shape index (κ2) is 7.98. The number of carbonyl (C=O) groups is 1. The third-order valence-corrected chi connectivity index (χ3v) is 4.18. The van der Waals surface area contributed by atoms with Crippen LogP contribution in [-0.2, 0) is 4.79 Å². The van der Waals surface area contributed by atoms with E-state index in [1.165, 1.54) is 5.56 Å². The van der Waals surface area contributed by atoms with Gasteiger partial charge in [0.1, 0.15) is 0 Å². The molecular weight excluding hydrogens is 296 g/mol. The zero-order valence-electron chi connectivity index (χ0n) is 13.8. The van der Waals surface area contributed by atoms with Gasteiger partial charge in [0.15, 0.2) is 0 Å². The van der Waals surface area contributed by atoms with E-state index in [1.54, 1.807) is 0 Å². The van der Waals surface area contributed by atoms with Gasteiger partial charge in [-0.15, -0.1) is 12.4 Å². The van der Waals surface area contributed by atoms with Gasteiger partial charge in [-0.25, -0.2) is 0 Å². The minimum absolute atomic E-state index is 0. The summed E-state index contributed by atoms with van der Waals surface area (Å²) in [4.78, 5) is 12.5. The average molecular weight is 325 g/mol. The van der Waals surface area contributed by atoms with Crippen molar-refractivity contribution in [2.24, 2.45) is 17.1 Å². The van der Waals surface area contributed by atoms with E-state index in [9.17, 15) is 4.79 Å². The number of hydrogen-bond donors (Lipinski definition) is 2. The fourth-order valence-electron chi connectivity index (χ4n) is 3.09. The van der Waals surface area contributed by atoms with Crippen LogP contribution in [0.5, 0.6) is 0 Å². The number of benzene rings is 1. The standard InChI is InChI=1S/C18H28N2O.ClH/c1-18(2,3)12-16(13-7-5-4-6-8-13)20-17(21)14-9-10-15(19)11-14;/h4-8,14-16H,9-12,19H2,1-3H3,(H,20,21);1H. The van der Waals surface area contributed by atoms with Crippen LogP contribution in [0.4, 0.5) is 0 Å². The van der Waals surface area contributed by atoms with Crippen LogP contribution < -0.4 is 11.1 Å². The van der Waals surface area contributed by atoms with Gasteiger partial charge >= 0.3 is 0 Å². The van der Waals surface area contributed by atoms with E-state index in [1.807, 2.05) is 18.2 Å². The van der Waals surface area contributed by atoms with E-state index in [2.05, 4.69) is 38.2 Å². The predicted octanol–water partition coefficient (Wildman–Crippen LogP) is 3.83. The Morgan fingerprint density at radius 1 is 1.27 bits per heavy atom. The van der Waals surface area contributed by atoms with Crippen molar-refractivity contribution in [1.82, 2.24) is 5.32 Å². The molecule has 1 saturated carbocycles. The van der Waals surface area contributed by atoms with Crippen molar-refractivity contribution in [2.75, 3.05) is 0 Å². The molecule has 0 saturated heterocycles. The zero-order chi connectivity index (χ0) is 15.5. The van der Waals surface area contributed by atoms with E-state index in [-0.39, 0.29) is 41.7 Å². The van der Waals surface area contributed by atoms with Gasteiger partial charge in [-0.1, -0.05) is 51.1 Å². The maximum atomic E-state index is 12.5. The van der Waals surface area contributed by atoms with Crippen LogP contribution in [0.15, 0.2) is 30.3 Å². The predicted molar refractivity (Wildman–Crippen MR) is 94.0 cm³/mol. The monoisotopic (exact) mass is 324 g/mol. The molecule has 1 aliphatic carbocycles. The highest BCUT2D eigenvalue weighted by molar-refractivity contribution is 5.85. The Balaban J connectivity index is 0.00000242. The third-order valence-electron chi connectivity index (χ3n) is 4.18. The van der Waals surface area contributed by atoms with Gasteiger partial charge in [0.05, 0.1) is 6.04 Å². The van der Waals surface area contributed by atoms with Gasteiger partial charge in [-0.05, 0) is 36.7 Å². The summed E-state index contributed by atoms with van der Waals surface area (Å²) >= 11 is 0. The molecule has 3 N–H and O–H groups in total. The smallest absolute Gasteiger partial charge is 0.223 e. The largest absolute Gasteiger partial charge is 0.349 e. The topological polar surface area (TPSA) is 55.1 Å². The Labute approximate surface area is 140 Å². The van der Waals surface area contributed by atoms with Crippen molar-refractivity contribution in [3.8, 4) is 0 Å². The second-order valence-corrected chi connectivity index (χ2v) is 7.51. The maximum Gasteiger partial charge on any atom is 0.223 e. The van der Waals surface area contributed by atoms with Crippen LogP contribution in [0.2, 0.25) is 0 Å². The van der Waals surface area contributed by atoms with Crippen molar-refractivity contribution in [2.45, 2.75) is 58.5 Å². The van der Waals surface area contributed by atoms with Crippen molar-refractivity contribution >= 4 is 18.3 Å². The first-order chi connectivity index (χ1) is 9.85. The van der Waals surface area contributed by atoms with E-state index in [4.69, 9.17) is 5.73 Å². The molecule has 1 amide bonds. The molecule has 0 bridgehead atoms. The van der Waals surface area contributed by atoms with Crippen LogP contribution in [0.3, 0.4) is 0 Å².